The van der Waals surface area contributed by atoms with E-state index in [0.717, 1.165) is 18.7 Å². The number of β-amino-alcohol motifs (C(OH)–C–C–N with tert-alkyl or cyclic N) is 1. The van der Waals surface area contributed by atoms with E-state index in [9.17, 15) is 13.9 Å². The Labute approximate surface area is 155 Å². The molecule has 0 radical (unpaired) electrons. The molecule has 0 spiro atoms. The summed E-state index contributed by atoms with van der Waals surface area (Å²) in [5.74, 6) is 1.46. The van der Waals surface area contributed by atoms with E-state index in [-0.39, 0.29) is 11.6 Å². The van der Waals surface area contributed by atoms with Gasteiger partial charge in [-0.1, -0.05) is 0 Å². The summed E-state index contributed by atoms with van der Waals surface area (Å²) in [6.07, 6.45) is 4.19. The first-order valence-corrected chi connectivity index (χ1v) is 8.88. The van der Waals surface area contributed by atoms with E-state index < -0.39 is 12.2 Å². The summed E-state index contributed by atoms with van der Waals surface area (Å²) in [6.45, 7) is -0.0193. The number of nitrogens with two attached hydrogens (primary N) is 1. The zero-order valence-corrected chi connectivity index (χ0v) is 14.9. The highest BCUT2D eigenvalue weighted by Gasteiger charge is 2.34. The van der Waals surface area contributed by atoms with Crippen LogP contribution < -0.4 is 15.4 Å². The van der Waals surface area contributed by atoms with Gasteiger partial charge in [0.25, 0.3) is 0 Å². The van der Waals surface area contributed by atoms with Gasteiger partial charge in [0.05, 0.1) is 11.3 Å². The first kappa shape index (κ1) is 17.8. The van der Waals surface area contributed by atoms with Crippen molar-refractivity contribution < 1.29 is 18.6 Å². The molecule has 1 aliphatic heterocycles. The molecule has 3 heterocycles. The molecule has 9 heteroatoms. The average molecular weight is 377 g/mol. The Hall–Kier alpha value is -2.55. The quantitative estimate of drug-likeness (QED) is 0.826. The van der Waals surface area contributed by atoms with Gasteiger partial charge in [-0.05, 0) is 32.3 Å². The van der Waals surface area contributed by atoms with Crippen molar-refractivity contribution in [3.8, 4) is 17.0 Å². The third kappa shape index (κ3) is 3.92. The Kier molecular flexibility index (Phi) is 4.33. The number of hydrogen-bond donors (Lipinski definition) is 2. The first-order chi connectivity index (χ1) is 12.8. The molecule has 3 N–H and O–H groups in total. The molecular weight excluding hydrogens is 356 g/mol. The van der Waals surface area contributed by atoms with Gasteiger partial charge in [0.2, 0.25) is 0 Å². The molecule has 1 unspecified atom stereocenters. The SMILES string of the molecule is CC1(O)CCN(c2cc(-c3cnc(N)c(OC(F)F)c3)nc(C3CC3)n2)C1. The molecule has 2 fully saturated rings. The van der Waals surface area contributed by atoms with E-state index in [4.69, 9.17) is 5.73 Å². The Morgan fingerprint density at radius 1 is 1.33 bits per heavy atom. The van der Waals surface area contributed by atoms with Gasteiger partial charge in [0, 0.05) is 36.8 Å². The van der Waals surface area contributed by atoms with Crippen molar-refractivity contribution in [3.05, 3.63) is 24.2 Å². The number of pyridine rings is 1. The lowest BCUT2D eigenvalue weighted by molar-refractivity contribution is -0.0494. The van der Waals surface area contributed by atoms with Crippen LogP contribution in [-0.4, -0.2) is 45.4 Å². The lowest BCUT2D eigenvalue weighted by Crippen LogP contribution is -2.30. The Balaban J connectivity index is 1.72. The maximum absolute atomic E-state index is 12.6. The van der Waals surface area contributed by atoms with Gasteiger partial charge < -0.3 is 20.5 Å². The highest BCUT2D eigenvalue weighted by molar-refractivity contribution is 5.66. The summed E-state index contributed by atoms with van der Waals surface area (Å²) >= 11 is 0. The minimum absolute atomic E-state index is 0.105. The molecule has 1 saturated heterocycles. The number of hydrogen-bond acceptors (Lipinski definition) is 7. The molecule has 1 saturated carbocycles. The van der Waals surface area contributed by atoms with Crippen LogP contribution in [0.4, 0.5) is 20.4 Å². The van der Waals surface area contributed by atoms with Crippen molar-refractivity contribution >= 4 is 11.6 Å². The number of nitrogens with zero attached hydrogens (tertiary/aromatic N) is 4. The van der Waals surface area contributed by atoms with E-state index in [2.05, 4.69) is 19.7 Å². The molecule has 144 valence electrons. The predicted molar refractivity (Wildman–Crippen MR) is 95.7 cm³/mol. The van der Waals surface area contributed by atoms with E-state index in [0.29, 0.717) is 42.5 Å². The number of nitrogen functional groups attached to an aromatic ring is 1. The lowest BCUT2D eigenvalue weighted by Gasteiger charge is -2.21. The monoisotopic (exact) mass is 377 g/mol. The Bertz CT molecular complexity index is 858. The number of aliphatic hydroxyl groups is 1. The van der Waals surface area contributed by atoms with E-state index in [1.54, 1.807) is 13.0 Å². The number of halogens is 2. The fourth-order valence-corrected chi connectivity index (χ4v) is 3.21. The van der Waals surface area contributed by atoms with Gasteiger partial charge in [0.1, 0.15) is 11.6 Å². The van der Waals surface area contributed by atoms with Gasteiger partial charge >= 0.3 is 6.61 Å². The number of anilines is 2. The summed E-state index contributed by atoms with van der Waals surface area (Å²) in [5, 5.41) is 10.3. The van der Waals surface area contributed by atoms with Gasteiger partial charge in [-0.3, -0.25) is 0 Å². The molecular formula is C18H21F2N5O2. The Morgan fingerprint density at radius 3 is 2.74 bits per heavy atom. The molecule has 7 nitrogen and oxygen atoms in total. The molecule has 2 aromatic rings. The molecule has 2 aromatic heterocycles. The molecule has 0 amide bonds. The largest absolute Gasteiger partial charge is 0.431 e. The van der Waals surface area contributed by atoms with Crippen LogP contribution in [0.5, 0.6) is 5.75 Å². The van der Waals surface area contributed by atoms with E-state index >= 15 is 0 Å². The first-order valence-electron chi connectivity index (χ1n) is 8.88. The van der Waals surface area contributed by atoms with Crippen molar-refractivity contribution in [3.63, 3.8) is 0 Å². The van der Waals surface area contributed by atoms with E-state index in [1.807, 2.05) is 4.90 Å². The maximum Gasteiger partial charge on any atom is 0.387 e. The van der Waals surface area contributed by atoms with Crippen LogP contribution in [0.3, 0.4) is 0 Å². The second-order valence-electron chi connectivity index (χ2n) is 7.40. The van der Waals surface area contributed by atoms with Crippen molar-refractivity contribution in [2.45, 2.75) is 44.3 Å². The van der Waals surface area contributed by atoms with Crippen LogP contribution in [0.25, 0.3) is 11.3 Å². The molecule has 1 aliphatic carbocycles. The molecule has 27 heavy (non-hydrogen) atoms. The van der Waals surface area contributed by atoms with Gasteiger partial charge in [0.15, 0.2) is 11.6 Å². The van der Waals surface area contributed by atoms with Crippen LogP contribution in [0.15, 0.2) is 18.3 Å². The molecule has 1 atom stereocenters. The highest BCUT2D eigenvalue weighted by atomic mass is 19.3. The average Bonchev–Trinajstić information content (AvgIpc) is 3.39. The fraction of sp³-hybridized carbons (Fsp3) is 0.500. The minimum atomic E-state index is -2.99. The van der Waals surface area contributed by atoms with Crippen LogP contribution in [-0.2, 0) is 0 Å². The van der Waals surface area contributed by atoms with Crippen molar-refractivity contribution in [1.29, 1.82) is 0 Å². The van der Waals surface area contributed by atoms with Gasteiger partial charge in [-0.15, -0.1) is 0 Å². The fourth-order valence-electron chi connectivity index (χ4n) is 3.21. The molecule has 2 aliphatic rings. The van der Waals surface area contributed by atoms with Crippen molar-refractivity contribution in [2.24, 2.45) is 0 Å². The van der Waals surface area contributed by atoms with Crippen LogP contribution >= 0.6 is 0 Å². The highest BCUT2D eigenvalue weighted by Crippen LogP contribution is 2.40. The zero-order valence-electron chi connectivity index (χ0n) is 14.9. The summed E-state index contributed by atoms with van der Waals surface area (Å²) in [5.41, 5.74) is 5.96. The van der Waals surface area contributed by atoms with Crippen molar-refractivity contribution in [2.75, 3.05) is 23.7 Å². The van der Waals surface area contributed by atoms with Crippen LogP contribution in [0, 0.1) is 0 Å². The second kappa shape index (κ2) is 6.56. The third-order valence-corrected chi connectivity index (χ3v) is 4.84. The van der Waals surface area contributed by atoms with Crippen LogP contribution in [0.2, 0.25) is 0 Å². The Morgan fingerprint density at radius 2 is 2.11 bits per heavy atom. The third-order valence-electron chi connectivity index (χ3n) is 4.84. The molecule has 4 rings (SSSR count). The van der Waals surface area contributed by atoms with Gasteiger partial charge in [-0.2, -0.15) is 8.78 Å². The number of alkyl halides is 2. The number of ether oxygens (including phenoxy) is 1. The summed E-state index contributed by atoms with van der Waals surface area (Å²) in [7, 11) is 0. The van der Waals surface area contributed by atoms with Gasteiger partial charge in [-0.25, -0.2) is 15.0 Å². The lowest BCUT2D eigenvalue weighted by atomic mass is 10.1. The van der Waals surface area contributed by atoms with Crippen molar-refractivity contribution in [1.82, 2.24) is 15.0 Å². The summed E-state index contributed by atoms with van der Waals surface area (Å²) < 4.78 is 29.6. The summed E-state index contributed by atoms with van der Waals surface area (Å²) in [6, 6.07) is 3.20. The zero-order chi connectivity index (χ0) is 19.2. The topological polar surface area (TPSA) is 97.4 Å². The maximum atomic E-state index is 12.6. The number of aromatic nitrogens is 3. The standard InChI is InChI=1S/C18H21F2N5O2/c1-18(26)4-5-25(9-18)14-7-12(23-16(24-14)10-2-3-10)11-6-13(27-17(19)20)15(21)22-8-11/h6-8,10,17,26H,2-5,9H2,1H3,(H2,21,22). The second-order valence-corrected chi connectivity index (χ2v) is 7.40. The summed E-state index contributed by atoms with van der Waals surface area (Å²) in [4.78, 5) is 15.2. The smallest absolute Gasteiger partial charge is 0.387 e. The molecule has 0 bridgehead atoms. The minimum Gasteiger partial charge on any atom is -0.431 e. The normalized spacial score (nSPS) is 22.5. The van der Waals surface area contributed by atoms with Crippen LogP contribution in [0.1, 0.15) is 37.9 Å². The van der Waals surface area contributed by atoms with E-state index in [1.165, 1.54) is 12.3 Å². The predicted octanol–water partition coefficient (Wildman–Crippen LogP) is 2.56. The number of rotatable bonds is 5. The molecule has 0 aromatic carbocycles.